The Kier molecular flexibility index (Phi) is 5.87. The summed E-state index contributed by atoms with van der Waals surface area (Å²) in [6, 6.07) is 1.51. The van der Waals surface area contributed by atoms with Crippen LogP contribution in [0.2, 0.25) is 0 Å². The second-order valence-electron chi connectivity index (χ2n) is 11.0. The maximum absolute atomic E-state index is 13.5. The first-order chi connectivity index (χ1) is 15.5. The van der Waals surface area contributed by atoms with E-state index < -0.39 is 0 Å². The average molecular weight is 479 g/mol. The molecule has 3 aliphatic carbocycles. The van der Waals surface area contributed by atoms with Gasteiger partial charge in [-0.3, -0.25) is 9.69 Å². The summed E-state index contributed by atoms with van der Waals surface area (Å²) >= 11 is 12.6. The molecule has 2 saturated carbocycles. The van der Waals surface area contributed by atoms with E-state index in [-0.39, 0.29) is 22.6 Å². The number of rotatable bonds is 3. The van der Waals surface area contributed by atoms with Gasteiger partial charge in [-0.05, 0) is 42.1 Å². The van der Waals surface area contributed by atoms with Crippen LogP contribution < -0.4 is 10.6 Å². The van der Waals surface area contributed by atoms with E-state index in [0.717, 1.165) is 75.0 Å². The largest absolute Gasteiger partial charge is 0.340 e. The van der Waals surface area contributed by atoms with Gasteiger partial charge in [0.15, 0.2) is 0 Å². The van der Waals surface area contributed by atoms with Crippen molar-refractivity contribution < 1.29 is 4.79 Å². The number of amides is 1. The molecule has 0 aromatic heterocycles. The molecule has 176 valence electrons. The molecule has 6 aliphatic rings. The van der Waals surface area contributed by atoms with Gasteiger partial charge in [0.2, 0.25) is 5.91 Å². The van der Waals surface area contributed by atoms with Gasteiger partial charge in [0.05, 0.1) is 16.7 Å². The average Bonchev–Trinajstić information content (AvgIpc) is 3.13. The van der Waals surface area contributed by atoms with E-state index in [4.69, 9.17) is 23.2 Å². The van der Waals surface area contributed by atoms with Gasteiger partial charge in [-0.1, -0.05) is 25.2 Å². The molecule has 5 fully saturated rings. The van der Waals surface area contributed by atoms with Gasteiger partial charge in [0.1, 0.15) is 0 Å². The highest BCUT2D eigenvalue weighted by atomic mass is 35.5. The number of piperazine rings is 1. The molecule has 2 N–H and O–H groups in total. The van der Waals surface area contributed by atoms with Gasteiger partial charge in [-0.2, -0.15) is 0 Å². The smallest absolute Gasteiger partial charge is 0.227 e. The molecule has 6 rings (SSSR count). The van der Waals surface area contributed by atoms with E-state index in [0.29, 0.717) is 5.91 Å². The molecule has 0 radical (unpaired) electrons. The molecular weight excluding hydrogens is 443 g/mol. The topological polar surface area (TPSA) is 47.6 Å². The quantitative estimate of drug-likeness (QED) is 0.611. The van der Waals surface area contributed by atoms with Crippen LogP contribution in [0.25, 0.3) is 0 Å². The minimum absolute atomic E-state index is 0.000921. The number of hydrogen-bond donors (Lipinski definition) is 2. The van der Waals surface area contributed by atoms with Crippen LogP contribution in [0, 0.1) is 35.5 Å². The maximum Gasteiger partial charge on any atom is 0.227 e. The first-order valence-electron chi connectivity index (χ1n) is 12.7. The Morgan fingerprint density at radius 2 is 1.84 bits per heavy atom. The van der Waals surface area contributed by atoms with E-state index in [2.05, 4.69) is 39.5 Å². The fourth-order valence-corrected chi connectivity index (χ4v) is 8.09. The summed E-state index contributed by atoms with van der Waals surface area (Å²) in [6.07, 6.45) is 8.84. The third kappa shape index (κ3) is 3.67. The highest BCUT2D eigenvalue weighted by Gasteiger charge is 2.62. The van der Waals surface area contributed by atoms with Crippen molar-refractivity contribution >= 4 is 29.1 Å². The van der Waals surface area contributed by atoms with E-state index in [1.807, 2.05) is 6.08 Å². The van der Waals surface area contributed by atoms with Gasteiger partial charge in [0, 0.05) is 63.8 Å². The first kappa shape index (κ1) is 21.9. The van der Waals surface area contributed by atoms with Crippen LogP contribution in [0.3, 0.4) is 0 Å². The first-order valence-corrected chi connectivity index (χ1v) is 13.5. The van der Waals surface area contributed by atoms with Crippen molar-refractivity contribution in [1.82, 2.24) is 20.4 Å². The van der Waals surface area contributed by atoms with Crippen molar-refractivity contribution in [2.75, 3.05) is 45.8 Å². The summed E-state index contributed by atoms with van der Waals surface area (Å²) in [7, 11) is 0. The van der Waals surface area contributed by atoms with E-state index in [9.17, 15) is 4.79 Å². The van der Waals surface area contributed by atoms with Gasteiger partial charge >= 0.3 is 0 Å². The third-order valence-corrected chi connectivity index (χ3v) is 10.4. The molecule has 8 unspecified atom stereocenters. The van der Waals surface area contributed by atoms with Crippen molar-refractivity contribution in [3.8, 4) is 0 Å². The lowest BCUT2D eigenvalue weighted by atomic mass is 9.85. The lowest BCUT2D eigenvalue weighted by Gasteiger charge is -2.37. The summed E-state index contributed by atoms with van der Waals surface area (Å²) in [5.41, 5.74) is 1.17. The number of halogens is 2. The van der Waals surface area contributed by atoms with Crippen molar-refractivity contribution in [3.63, 3.8) is 0 Å². The van der Waals surface area contributed by atoms with Gasteiger partial charge in [0.25, 0.3) is 0 Å². The van der Waals surface area contributed by atoms with Crippen LogP contribution in [0.1, 0.15) is 19.8 Å². The summed E-state index contributed by atoms with van der Waals surface area (Å²) in [6.45, 7) is 9.04. The Morgan fingerprint density at radius 1 is 1.03 bits per heavy atom. The van der Waals surface area contributed by atoms with Crippen LogP contribution in [-0.4, -0.2) is 84.4 Å². The normalized spacial score (nSPS) is 48.3. The van der Waals surface area contributed by atoms with Crippen molar-refractivity contribution in [3.05, 3.63) is 23.8 Å². The Bertz CT molecular complexity index is 810. The maximum atomic E-state index is 13.5. The van der Waals surface area contributed by atoms with Crippen LogP contribution >= 0.6 is 23.2 Å². The molecular formula is C25H36Cl2N4O. The van der Waals surface area contributed by atoms with Gasteiger partial charge < -0.3 is 15.5 Å². The minimum atomic E-state index is -0.199. The van der Waals surface area contributed by atoms with Crippen molar-refractivity contribution in [1.29, 1.82) is 0 Å². The Labute approximate surface area is 201 Å². The molecule has 1 amide bonds. The van der Waals surface area contributed by atoms with Crippen LogP contribution in [0.15, 0.2) is 23.8 Å². The van der Waals surface area contributed by atoms with Crippen LogP contribution in [0.5, 0.6) is 0 Å². The summed E-state index contributed by atoms with van der Waals surface area (Å²) in [5, 5.41) is 6.93. The SMILES string of the molecule is CC1CCC2NCC3C(C12)C3N1CCN(C(=O)[C@H]2CNC[C@H]2C2=CC(Cl)C(Cl)C=C2)CC1. The minimum Gasteiger partial charge on any atom is -0.340 e. The van der Waals surface area contributed by atoms with Crippen molar-refractivity contribution in [2.24, 2.45) is 35.5 Å². The van der Waals surface area contributed by atoms with Crippen LogP contribution in [0.4, 0.5) is 0 Å². The highest BCUT2D eigenvalue weighted by Crippen LogP contribution is 2.57. The molecule has 10 atom stereocenters. The Hall–Kier alpha value is -0.590. The molecule has 32 heavy (non-hydrogen) atoms. The third-order valence-electron chi connectivity index (χ3n) is 9.44. The molecule has 0 aromatic rings. The fraction of sp³-hybridized carbons (Fsp3) is 0.800. The Balaban J connectivity index is 1.07. The number of fused-ring (bicyclic) bond motifs is 3. The zero-order chi connectivity index (χ0) is 22.0. The number of allylic oxidation sites excluding steroid dienone is 3. The van der Waals surface area contributed by atoms with E-state index >= 15 is 0 Å². The Morgan fingerprint density at radius 3 is 2.62 bits per heavy atom. The number of hydrogen-bond acceptors (Lipinski definition) is 4. The van der Waals surface area contributed by atoms with Gasteiger partial charge in [-0.15, -0.1) is 23.2 Å². The fourth-order valence-electron chi connectivity index (χ4n) is 7.71. The second-order valence-corrected chi connectivity index (χ2v) is 12.0. The zero-order valence-corrected chi connectivity index (χ0v) is 20.4. The molecule has 5 nitrogen and oxygen atoms in total. The predicted molar refractivity (Wildman–Crippen MR) is 129 cm³/mol. The number of nitrogens with zero attached hydrogens (tertiary/aromatic N) is 2. The number of carbonyl (C=O) groups is 1. The molecule has 3 aliphatic heterocycles. The molecule has 7 heteroatoms. The molecule has 3 heterocycles. The van der Waals surface area contributed by atoms with Gasteiger partial charge in [-0.25, -0.2) is 0 Å². The molecule has 0 spiro atoms. The summed E-state index contributed by atoms with van der Waals surface area (Å²) in [5.74, 6) is 3.97. The number of piperidine rings is 1. The number of alkyl halides is 2. The lowest BCUT2D eigenvalue weighted by Crippen LogP contribution is -2.52. The molecule has 0 aromatic carbocycles. The summed E-state index contributed by atoms with van der Waals surface area (Å²) < 4.78 is 0. The summed E-state index contributed by atoms with van der Waals surface area (Å²) in [4.78, 5) is 18.3. The van der Waals surface area contributed by atoms with Crippen LogP contribution in [-0.2, 0) is 4.79 Å². The molecule has 3 saturated heterocycles. The highest BCUT2D eigenvalue weighted by molar-refractivity contribution is 6.31. The second kappa shape index (κ2) is 8.57. The van der Waals surface area contributed by atoms with E-state index in [1.54, 1.807) is 0 Å². The van der Waals surface area contributed by atoms with E-state index in [1.165, 1.54) is 25.0 Å². The molecule has 0 bridgehead atoms. The standard InChI is InChI=1S/C25H36Cl2N4O/c1-14-2-5-21-22(14)23-18(13-29-21)24(23)30-6-8-31(9-7-30)25(32)17-12-28-11-16(17)15-3-4-19(26)20(27)10-15/h3-4,10,14,16-24,28-29H,2,5-9,11-13H2,1H3/t14?,16-,17-,18?,19?,20?,21?,22?,23?,24?/m0/s1. The number of nitrogens with one attached hydrogen (secondary N) is 2. The zero-order valence-electron chi connectivity index (χ0n) is 18.9. The lowest BCUT2D eigenvalue weighted by molar-refractivity contribution is -0.137. The monoisotopic (exact) mass is 478 g/mol. The predicted octanol–water partition coefficient (Wildman–Crippen LogP) is 2.31. The van der Waals surface area contributed by atoms with Crippen molar-refractivity contribution in [2.45, 2.75) is 42.6 Å². The number of carbonyl (C=O) groups excluding carboxylic acids is 1.